The van der Waals surface area contributed by atoms with E-state index in [0.29, 0.717) is 53.1 Å². The lowest BCUT2D eigenvalue weighted by Crippen LogP contribution is -2.57. The number of aliphatic hydroxyl groups is 1. The molecule has 386 valence electrons. The van der Waals surface area contributed by atoms with Crippen molar-refractivity contribution >= 4 is 18.4 Å². The van der Waals surface area contributed by atoms with Gasteiger partial charge in [0.05, 0.1) is 0 Å². The molecule has 0 radical (unpaired) electrons. The minimum atomic E-state index is -1.23. The maximum absolute atomic E-state index is 9.87. The van der Waals surface area contributed by atoms with Crippen LogP contribution in [0.4, 0.5) is 0 Å². The Balaban J connectivity index is 0.000000183. The quantitative estimate of drug-likeness (QED) is 0.147. The van der Waals surface area contributed by atoms with Gasteiger partial charge in [-0.3, -0.25) is 14.7 Å². The maximum Gasteiger partial charge on any atom is 0.332 e. The molecule has 3 aliphatic heterocycles. The molecular weight excluding hydrogens is 894 g/mol. The van der Waals surface area contributed by atoms with Gasteiger partial charge in [0.15, 0.2) is 0 Å². The second-order valence-electron chi connectivity index (χ2n) is 23.1. The Labute approximate surface area is 427 Å². The Morgan fingerprint density at radius 1 is 0.557 bits per heavy atom. The zero-order valence-electron chi connectivity index (χ0n) is 44.8. The van der Waals surface area contributed by atoms with E-state index in [1.54, 1.807) is 0 Å². The molecule has 3 aromatic carbocycles. The normalized spacial score (nSPS) is 29.6. The fraction of sp³-hybridized carbons (Fsp3) is 0.583. The zero-order chi connectivity index (χ0) is 50.7. The van der Waals surface area contributed by atoms with Gasteiger partial charge in [-0.15, -0.1) is 12.4 Å². The first-order chi connectivity index (χ1) is 32.4. The standard InChI is InChI=1S/3C19H27NO.C3H6O3.ClH/c3*1-13(2)7-9-20-10-8-19(4)14(3)18(20)11-15-5-6-16(21)12-17(15)19;1-2(4)3(5)6;/h3*5-7,12,14,18,21H,8-11H2,1-4H3;2,4H,1H3,(H,5,6);1H. The van der Waals surface area contributed by atoms with Gasteiger partial charge in [-0.1, -0.05) is 94.7 Å². The average Bonchev–Trinajstić information content (AvgIpc) is 3.28. The van der Waals surface area contributed by atoms with Crippen molar-refractivity contribution in [1.29, 1.82) is 0 Å². The Hall–Kier alpha value is -4.12. The number of allylic oxidation sites excluding steroid dienone is 3. The van der Waals surface area contributed by atoms with Gasteiger partial charge in [-0.25, -0.2) is 4.79 Å². The summed E-state index contributed by atoms with van der Waals surface area (Å²) in [6.45, 7) is 35.3. The van der Waals surface area contributed by atoms with Crippen LogP contribution in [-0.2, 0) is 40.3 Å². The van der Waals surface area contributed by atoms with Crippen molar-refractivity contribution in [3.8, 4) is 17.2 Å². The zero-order valence-corrected chi connectivity index (χ0v) is 45.7. The van der Waals surface area contributed by atoms with Crippen molar-refractivity contribution in [3.05, 3.63) is 123 Å². The molecule has 10 atom stereocenters. The molecule has 3 saturated heterocycles. The molecule has 3 heterocycles. The van der Waals surface area contributed by atoms with Gasteiger partial charge in [-0.2, -0.15) is 0 Å². The van der Waals surface area contributed by atoms with Crippen LogP contribution in [0.15, 0.2) is 89.5 Å². The number of phenolic OH excluding ortho intramolecular Hbond substituents is 3. The van der Waals surface area contributed by atoms with Gasteiger partial charge in [0, 0.05) is 37.8 Å². The lowest BCUT2D eigenvalue weighted by Gasteiger charge is -2.54. The van der Waals surface area contributed by atoms with Crippen molar-refractivity contribution in [2.75, 3.05) is 39.3 Å². The summed E-state index contributed by atoms with van der Waals surface area (Å²) in [5.41, 5.74) is 13.3. The number of rotatable bonds is 7. The molecule has 6 aliphatic rings. The molecular formula is C60H88ClN3O6. The molecule has 0 amide bonds. The van der Waals surface area contributed by atoms with E-state index < -0.39 is 12.1 Å². The van der Waals surface area contributed by atoms with Crippen LogP contribution in [0.25, 0.3) is 0 Å². The third kappa shape index (κ3) is 12.2. The summed E-state index contributed by atoms with van der Waals surface area (Å²) in [6, 6.07) is 19.8. The predicted octanol–water partition coefficient (Wildman–Crippen LogP) is 11.5. The Kier molecular flexibility index (Phi) is 18.8. The SMILES string of the molecule is CC(C)=CCN1CCC2(C)c3cc(O)ccc3CC1C2C.CC(C)=CCN1CCC2(C)c3cc(O)ccc3CC1C2C.CC(C)=CCN1CCC2(C)c3cc(O)ccc3CC1C2C.CC(O)C(=O)O.Cl. The topological polar surface area (TPSA) is 128 Å². The fourth-order valence-electron chi connectivity index (χ4n) is 12.7. The number of aliphatic carboxylic acids is 1. The molecule has 6 bridgehead atoms. The second-order valence-corrected chi connectivity index (χ2v) is 23.1. The second kappa shape index (κ2) is 23.2. The number of benzene rings is 3. The molecule has 3 aliphatic carbocycles. The number of aromatic hydroxyl groups is 3. The lowest BCUT2D eigenvalue weighted by atomic mass is 9.59. The van der Waals surface area contributed by atoms with Crippen molar-refractivity contribution in [2.45, 2.75) is 169 Å². The Bertz CT molecular complexity index is 2140. The van der Waals surface area contributed by atoms with E-state index in [9.17, 15) is 20.1 Å². The highest BCUT2D eigenvalue weighted by molar-refractivity contribution is 5.85. The number of halogens is 1. The fourth-order valence-corrected chi connectivity index (χ4v) is 12.7. The van der Waals surface area contributed by atoms with Crippen molar-refractivity contribution in [3.63, 3.8) is 0 Å². The molecule has 0 saturated carbocycles. The number of nitrogens with zero attached hydrogens (tertiary/aromatic N) is 3. The Morgan fingerprint density at radius 2 is 0.800 bits per heavy atom. The van der Waals surface area contributed by atoms with Crippen LogP contribution >= 0.6 is 12.4 Å². The summed E-state index contributed by atoms with van der Waals surface area (Å²) in [6.07, 6.45) is 12.7. The van der Waals surface area contributed by atoms with E-state index in [1.807, 2.05) is 36.4 Å². The van der Waals surface area contributed by atoms with Crippen LogP contribution in [0, 0.1) is 17.8 Å². The largest absolute Gasteiger partial charge is 0.508 e. The van der Waals surface area contributed by atoms with Gasteiger partial charge in [0.2, 0.25) is 0 Å². The molecule has 3 aromatic rings. The van der Waals surface area contributed by atoms with Crippen molar-refractivity contribution < 1.29 is 30.3 Å². The summed E-state index contributed by atoms with van der Waals surface area (Å²) in [4.78, 5) is 17.4. The van der Waals surface area contributed by atoms with E-state index in [2.05, 4.69) is 134 Å². The molecule has 10 unspecified atom stereocenters. The predicted molar refractivity (Wildman–Crippen MR) is 290 cm³/mol. The monoisotopic (exact) mass is 982 g/mol. The van der Waals surface area contributed by atoms with Crippen LogP contribution in [-0.4, -0.2) is 110 Å². The highest BCUT2D eigenvalue weighted by Crippen LogP contribution is 2.52. The number of hydrogen-bond donors (Lipinski definition) is 5. The van der Waals surface area contributed by atoms with Crippen LogP contribution in [0.1, 0.15) is 143 Å². The minimum absolute atomic E-state index is 0. The Morgan fingerprint density at radius 3 is 1.01 bits per heavy atom. The van der Waals surface area contributed by atoms with E-state index in [0.717, 1.165) is 58.5 Å². The lowest BCUT2D eigenvalue weighted by molar-refractivity contribution is -0.145. The highest BCUT2D eigenvalue weighted by Gasteiger charge is 2.50. The number of piperidine rings is 3. The first-order valence-corrected chi connectivity index (χ1v) is 25.9. The van der Waals surface area contributed by atoms with Gasteiger partial charge in [0.25, 0.3) is 0 Å². The summed E-state index contributed by atoms with van der Waals surface area (Å²) < 4.78 is 0. The van der Waals surface area contributed by atoms with E-state index >= 15 is 0 Å². The van der Waals surface area contributed by atoms with Gasteiger partial charge < -0.3 is 25.5 Å². The van der Waals surface area contributed by atoms with Gasteiger partial charge in [-0.05, 0) is 210 Å². The summed E-state index contributed by atoms with van der Waals surface area (Å²) >= 11 is 0. The molecule has 9 rings (SSSR count). The maximum atomic E-state index is 9.87. The first-order valence-electron chi connectivity index (χ1n) is 25.9. The van der Waals surface area contributed by atoms with Crippen LogP contribution < -0.4 is 0 Å². The van der Waals surface area contributed by atoms with Crippen molar-refractivity contribution in [1.82, 2.24) is 14.7 Å². The van der Waals surface area contributed by atoms with Crippen LogP contribution in [0.5, 0.6) is 17.2 Å². The number of phenols is 3. The number of aliphatic hydroxyl groups excluding tert-OH is 1. The number of carboxylic acids is 1. The van der Waals surface area contributed by atoms with Crippen molar-refractivity contribution in [2.24, 2.45) is 17.8 Å². The molecule has 0 spiro atoms. The summed E-state index contributed by atoms with van der Waals surface area (Å²) in [5.74, 6) is 1.94. The highest BCUT2D eigenvalue weighted by atomic mass is 35.5. The summed E-state index contributed by atoms with van der Waals surface area (Å²) in [7, 11) is 0. The number of hydrogen-bond acceptors (Lipinski definition) is 8. The first kappa shape index (κ1) is 56.8. The number of fused-ring (bicyclic) bond motifs is 12. The van der Waals surface area contributed by atoms with E-state index in [-0.39, 0.29) is 28.7 Å². The van der Waals surface area contributed by atoms with Crippen LogP contribution in [0.2, 0.25) is 0 Å². The number of likely N-dealkylation sites (tertiary alicyclic amines) is 3. The third-order valence-corrected chi connectivity index (χ3v) is 17.9. The van der Waals surface area contributed by atoms with Gasteiger partial charge in [0.1, 0.15) is 23.4 Å². The summed E-state index contributed by atoms with van der Waals surface area (Å²) in [5, 5.41) is 45.4. The number of carboxylic acid groups (broad SMARTS) is 1. The molecule has 0 aromatic heterocycles. The van der Waals surface area contributed by atoms with Crippen LogP contribution in [0.3, 0.4) is 0 Å². The molecule has 5 N–H and O–H groups in total. The smallest absolute Gasteiger partial charge is 0.332 e. The molecule has 70 heavy (non-hydrogen) atoms. The van der Waals surface area contributed by atoms with E-state index in [1.165, 1.54) is 76.3 Å². The minimum Gasteiger partial charge on any atom is -0.508 e. The molecule has 3 fully saturated rings. The van der Waals surface area contributed by atoms with E-state index in [4.69, 9.17) is 10.2 Å². The number of carbonyl (C=O) groups is 1. The average molecular weight is 983 g/mol. The molecule has 9 nitrogen and oxygen atoms in total. The third-order valence-electron chi connectivity index (χ3n) is 17.9. The van der Waals surface area contributed by atoms with Gasteiger partial charge >= 0.3 is 5.97 Å². The molecule has 10 heteroatoms.